The van der Waals surface area contributed by atoms with Gasteiger partial charge in [0.2, 0.25) is 5.91 Å². The van der Waals surface area contributed by atoms with Crippen molar-refractivity contribution in [1.82, 2.24) is 10.6 Å². The number of benzene rings is 1. The van der Waals surface area contributed by atoms with Crippen molar-refractivity contribution in [1.29, 1.82) is 0 Å². The first-order valence-electron chi connectivity index (χ1n) is 8.12. The van der Waals surface area contributed by atoms with E-state index >= 15 is 0 Å². The van der Waals surface area contributed by atoms with E-state index < -0.39 is 0 Å². The lowest BCUT2D eigenvalue weighted by Gasteiger charge is -2.24. The average molecular weight is 289 g/mol. The van der Waals surface area contributed by atoms with Gasteiger partial charge in [-0.3, -0.25) is 4.79 Å². The van der Waals surface area contributed by atoms with E-state index in [4.69, 9.17) is 0 Å². The SMILES string of the molecule is CCN(CCCNC(=O)[C@@H]1CCCCN1)c1ccccc1. The van der Waals surface area contributed by atoms with Crippen molar-refractivity contribution in [2.75, 3.05) is 31.1 Å². The largest absolute Gasteiger partial charge is 0.372 e. The quantitative estimate of drug-likeness (QED) is 0.756. The summed E-state index contributed by atoms with van der Waals surface area (Å²) in [5.74, 6) is 0.164. The van der Waals surface area contributed by atoms with Crippen LogP contribution in [0.1, 0.15) is 32.6 Å². The zero-order valence-corrected chi connectivity index (χ0v) is 13.0. The molecule has 1 saturated heterocycles. The molecule has 1 aromatic rings. The molecule has 0 bridgehead atoms. The Morgan fingerprint density at radius 1 is 1.33 bits per heavy atom. The van der Waals surface area contributed by atoms with E-state index in [-0.39, 0.29) is 11.9 Å². The van der Waals surface area contributed by atoms with Gasteiger partial charge in [0, 0.05) is 25.3 Å². The van der Waals surface area contributed by atoms with E-state index in [1.54, 1.807) is 0 Å². The second kappa shape index (κ2) is 8.67. The number of anilines is 1. The lowest BCUT2D eigenvalue weighted by Crippen LogP contribution is -2.47. The predicted molar refractivity (Wildman–Crippen MR) is 87.6 cm³/mol. The van der Waals surface area contributed by atoms with E-state index in [9.17, 15) is 4.79 Å². The number of para-hydroxylation sites is 1. The van der Waals surface area contributed by atoms with Crippen molar-refractivity contribution in [3.63, 3.8) is 0 Å². The average Bonchev–Trinajstić information content (AvgIpc) is 2.56. The minimum Gasteiger partial charge on any atom is -0.372 e. The lowest BCUT2D eigenvalue weighted by atomic mass is 10.0. The summed E-state index contributed by atoms with van der Waals surface area (Å²) in [5.41, 5.74) is 1.25. The van der Waals surface area contributed by atoms with Gasteiger partial charge in [0.1, 0.15) is 0 Å². The summed E-state index contributed by atoms with van der Waals surface area (Å²) >= 11 is 0. The second-order valence-electron chi connectivity index (χ2n) is 5.56. The van der Waals surface area contributed by atoms with Crippen LogP contribution in [0.25, 0.3) is 0 Å². The molecular weight excluding hydrogens is 262 g/mol. The first-order chi connectivity index (χ1) is 10.3. The molecule has 2 rings (SSSR count). The maximum absolute atomic E-state index is 12.0. The van der Waals surface area contributed by atoms with Gasteiger partial charge in [-0.2, -0.15) is 0 Å². The number of carbonyl (C=O) groups excluding carboxylic acids is 1. The van der Waals surface area contributed by atoms with E-state index in [1.807, 2.05) is 6.07 Å². The molecule has 0 unspecified atom stereocenters. The van der Waals surface area contributed by atoms with Gasteiger partial charge in [-0.1, -0.05) is 24.6 Å². The van der Waals surface area contributed by atoms with Gasteiger partial charge in [0.15, 0.2) is 0 Å². The minimum atomic E-state index is 0.0233. The highest BCUT2D eigenvalue weighted by Crippen LogP contribution is 2.12. The Morgan fingerprint density at radius 3 is 2.81 bits per heavy atom. The molecule has 1 aliphatic heterocycles. The number of hydrogen-bond donors (Lipinski definition) is 2. The van der Waals surface area contributed by atoms with Crippen LogP contribution in [-0.2, 0) is 4.79 Å². The highest BCUT2D eigenvalue weighted by Gasteiger charge is 2.19. The molecule has 0 aromatic heterocycles. The fourth-order valence-electron chi connectivity index (χ4n) is 2.79. The highest BCUT2D eigenvalue weighted by atomic mass is 16.2. The standard InChI is InChI=1S/C17H27N3O/c1-2-20(15-9-4-3-5-10-15)14-8-13-19-17(21)16-11-6-7-12-18-16/h3-5,9-10,16,18H,2,6-8,11-14H2,1H3,(H,19,21)/t16-/m0/s1. The third-order valence-electron chi connectivity index (χ3n) is 4.03. The number of piperidine rings is 1. The molecule has 4 heteroatoms. The fourth-order valence-corrected chi connectivity index (χ4v) is 2.79. The molecule has 1 aliphatic rings. The summed E-state index contributed by atoms with van der Waals surface area (Å²) in [6.07, 6.45) is 4.28. The summed E-state index contributed by atoms with van der Waals surface area (Å²) < 4.78 is 0. The lowest BCUT2D eigenvalue weighted by molar-refractivity contribution is -0.123. The Kier molecular flexibility index (Phi) is 6.54. The number of carbonyl (C=O) groups is 1. The summed E-state index contributed by atoms with van der Waals surface area (Å²) in [7, 11) is 0. The Balaban J connectivity index is 1.67. The van der Waals surface area contributed by atoms with Crippen molar-refractivity contribution >= 4 is 11.6 Å². The van der Waals surface area contributed by atoms with Gasteiger partial charge in [-0.15, -0.1) is 0 Å². The number of nitrogens with one attached hydrogen (secondary N) is 2. The molecule has 1 aromatic carbocycles. The maximum atomic E-state index is 12.0. The Labute approximate surface area is 127 Å². The maximum Gasteiger partial charge on any atom is 0.237 e. The highest BCUT2D eigenvalue weighted by molar-refractivity contribution is 5.81. The van der Waals surface area contributed by atoms with Gasteiger partial charge in [0.25, 0.3) is 0 Å². The van der Waals surface area contributed by atoms with Gasteiger partial charge in [-0.25, -0.2) is 0 Å². The Morgan fingerprint density at radius 2 is 2.14 bits per heavy atom. The predicted octanol–water partition coefficient (Wildman–Crippen LogP) is 2.16. The molecular formula is C17H27N3O. The third kappa shape index (κ3) is 5.05. The Hall–Kier alpha value is -1.55. The Bertz CT molecular complexity index is 415. The van der Waals surface area contributed by atoms with Crippen molar-refractivity contribution in [2.24, 2.45) is 0 Å². The van der Waals surface area contributed by atoms with Crippen LogP contribution in [0.2, 0.25) is 0 Å². The molecule has 1 atom stereocenters. The molecule has 0 aliphatic carbocycles. The van der Waals surface area contributed by atoms with Crippen LogP contribution in [0.4, 0.5) is 5.69 Å². The topological polar surface area (TPSA) is 44.4 Å². The van der Waals surface area contributed by atoms with E-state index in [1.165, 1.54) is 12.1 Å². The molecule has 0 spiro atoms. The summed E-state index contributed by atoms with van der Waals surface area (Å²) in [6, 6.07) is 10.5. The van der Waals surface area contributed by atoms with E-state index in [0.29, 0.717) is 0 Å². The normalized spacial score (nSPS) is 18.2. The number of rotatable bonds is 7. The fraction of sp³-hybridized carbons (Fsp3) is 0.588. The zero-order valence-electron chi connectivity index (χ0n) is 13.0. The molecule has 1 amide bonds. The minimum absolute atomic E-state index is 0.0233. The van der Waals surface area contributed by atoms with Gasteiger partial charge >= 0.3 is 0 Å². The first kappa shape index (κ1) is 15.8. The molecule has 0 saturated carbocycles. The van der Waals surface area contributed by atoms with Crippen LogP contribution in [0.3, 0.4) is 0 Å². The molecule has 2 N–H and O–H groups in total. The van der Waals surface area contributed by atoms with Crippen LogP contribution >= 0.6 is 0 Å². The number of hydrogen-bond acceptors (Lipinski definition) is 3. The van der Waals surface area contributed by atoms with Crippen molar-refractivity contribution in [3.8, 4) is 0 Å². The molecule has 116 valence electrons. The van der Waals surface area contributed by atoms with Crippen LogP contribution in [0, 0.1) is 0 Å². The van der Waals surface area contributed by atoms with Crippen LogP contribution in [0.15, 0.2) is 30.3 Å². The molecule has 0 radical (unpaired) electrons. The summed E-state index contributed by atoms with van der Waals surface area (Å²) in [5, 5.41) is 6.34. The second-order valence-corrected chi connectivity index (χ2v) is 5.56. The molecule has 4 nitrogen and oxygen atoms in total. The van der Waals surface area contributed by atoms with Gasteiger partial charge < -0.3 is 15.5 Å². The van der Waals surface area contributed by atoms with E-state index in [0.717, 1.165) is 45.4 Å². The monoisotopic (exact) mass is 289 g/mol. The third-order valence-corrected chi connectivity index (χ3v) is 4.03. The summed E-state index contributed by atoms with van der Waals surface area (Å²) in [4.78, 5) is 14.3. The van der Waals surface area contributed by atoms with Crippen molar-refractivity contribution < 1.29 is 4.79 Å². The smallest absolute Gasteiger partial charge is 0.237 e. The van der Waals surface area contributed by atoms with E-state index in [2.05, 4.69) is 46.7 Å². The van der Waals surface area contributed by atoms with Gasteiger partial charge in [0.05, 0.1) is 6.04 Å². The molecule has 21 heavy (non-hydrogen) atoms. The summed E-state index contributed by atoms with van der Waals surface area (Å²) in [6.45, 7) is 5.84. The molecule has 1 heterocycles. The van der Waals surface area contributed by atoms with Crippen LogP contribution in [0.5, 0.6) is 0 Å². The first-order valence-corrected chi connectivity index (χ1v) is 8.12. The van der Waals surface area contributed by atoms with Gasteiger partial charge in [-0.05, 0) is 44.9 Å². The van der Waals surface area contributed by atoms with Crippen LogP contribution < -0.4 is 15.5 Å². The van der Waals surface area contributed by atoms with Crippen LogP contribution in [-0.4, -0.2) is 38.1 Å². The zero-order chi connectivity index (χ0) is 14.9. The molecule has 1 fully saturated rings. The van der Waals surface area contributed by atoms with Crippen molar-refractivity contribution in [2.45, 2.75) is 38.6 Å². The number of nitrogens with zero attached hydrogens (tertiary/aromatic N) is 1. The number of amides is 1. The van der Waals surface area contributed by atoms with Crippen molar-refractivity contribution in [3.05, 3.63) is 30.3 Å².